The van der Waals surface area contributed by atoms with E-state index in [9.17, 15) is 4.79 Å². The molecule has 1 aliphatic carbocycles. The van der Waals surface area contributed by atoms with Crippen molar-refractivity contribution >= 4 is 17.5 Å². The van der Waals surface area contributed by atoms with Crippen molar-refractivity contribution in [3.63, 3.8) is 0 Å². The summed E-state index contributed by atoms with van der Waals surface area (Å²) in [6.45, 7) is 2.06. The molecule has 0 bridgehead atoms. The van der Waals surface area contributed by atoms with Crippen LogP contribution in [0.25, 0.3) is 0 Å². The van der Waals surface area contributed by atoms with Crippen molar-refractivity contribution < 1.29 is 9.90 Å². The van der Waals surface area contributed by atoms with Crippen LogP contribution in [0.1, 0.15) is 30.1 Å². The van der Waals surface area contributed by atoms with Gasteiger partial charge in [-0.2, -0.15) is 0 Å². The van der Waals surface area contributed by atoms with Gasteiger partial charge >= 0.3 is 5.97 Å². The van der Waals surface area contributed by atoms with Crippen LogP contribution in [-0.4, -0.2) is 22.1 Å². The number of aromatic nitrogens is 1. The minimum Gasteiger partial charge on any atom is -0.478 e. The minimum absolute atomic E-state index is 0.0977. The highest BCUT2D eigenvalue weighted by molar-refractivity contribution is 5.96. The van der Waals surface area contributed by atoms with Crippen LogP contribution in [0.2, 0.25) is 0 Å². The Morgan fingerprint density at radius 1 is 1.69 bits per heavy atom. The summed E-state index contributed by atoms with van der Waals surface area (Å²) >= 11 is 0. The Balaban J connectivity index is 2.19. The van der Waals surface area contributed by atoms with E-state index < -0.39 is 5.97 Å². The molecule has 1 aromatic heterocycles. The number of hydrogen-bond donors (Lipinski definition) is 3. The first-order valence-electron chi connectivity index (χ1n) is 5.34. The van der Waals surface area contributed by atoms with Crippen LogP contribution >= 0.6 is 0 Å². The zero-order chi connectivity index (χ0) is 11.7. The Kier molecular flexibility index (Phi) is 2.68. The van der Waals surface area contributed by atoms with Crippen molar-refractivity contribution in [3.8, 4) is 0 Å². The summed E-state index contributed by atoms with van der Waals surface area (Å²) < 4.78 is 0. The summed E-state index contributed by atoms with van der Waals surface area (Å²) in [6, 6.07) is 1.70. The van der Waals surface area contributed by atoms with Gasteiger partial charge in [-0.3, -0.25) is 0 Å². The first-order chi connectivity index (χ1) is 7.59. The number of rotatable bonds is 4. The number of nitrogens with zero attached hydrogens (tertiary/aromatic N) is 1. The minimum atomic E-state index is -1.03. The van der Waals surface area contributed by atoms with Gasteiger partial charge in [-0.05, 0) is 31.7 Å². The van der Waals surface area contributed by atoms with Gasteiger partial charge in [0.05, 0.1) is 11.3 Å². The molecule has 2 rings (SSSR count). The Morgan fingerprint density at radius 2 is 2.38 bits per heavy atom. The fraction of sp³-hybridized carbons (Fsp3) is 0.455. The van der Waals surface area contributed by atoms with Gasteiger partial charge in [-0.25, -0.2) is 9.78 Å². The lowest BCUT2D eigenvalue weighted by molar-refractivity contribution is 0.0698. The van der Waals surface area contributed by atoms with Crippen LogP contribution in [0.15, 0.2) is 12.3 Å². The number of hydrogen-bond acceptors (Lipinski definition) is 4. The summed E-state index contributed by atoms with van der Waals surface area (Å²) in [7, 11) is 0. The molecule has 0 aromatic carbocycles. The lowest BCUT2D eigenvalue weighted by atomic mass is 10.2. The van der Waals surface area contributed by atoms with Gasteiger partial charge in [0.25, 0.3) is 0 Å². The maximum Gasteiger partial charge on any atom is 0.337 e. The third-order valence-corrected chi connectivity index (χ3v) is 2.91. The Labute approximate surface area is 93.7 Å². The van der Waals surface area contributed by atoms with Crippen molar-refractivity contribution in [1.29, 1.82) is 0 Å². The van der Waals surface area contributed by atoms with Crippen LogP contribution in [0.4, 0.5) is 11.5 Å². The summed E-state index contributed by atoms with van der Waals surface area (Å²) in [6.07, 6.45) is 3.89. The average molecular weight is 221 g/mol. The number of anilines is 2. The van der Waals surface area contributed by atoms with Gasteiger partial charge in [0.2, 0.25) is 0 Å². The quantitative estimate of drug-likeness (QED) is 0.718. The van der Waals surface area contributed by atoms with Crippen LogP contribution in [0, 0.1) is 5.92 Å². The van der Waals surface area contributed by atoms with Crippen LogP contribution in [-0.2, 0) is 0 Å². The van der Waals surface area contributed by atoms with E-state index in [1.54, 1.807) is 0 Å². The van der Waals surface area contributed by atoms with Crippen molar-refractivity contribution in [3.05, 3.63) is 17.8 Å². The van der Waals surface area contributed by atoms with E-state index >= 15 is 0 Å². The number of aromatic carboxylic acids is 1. The Morgan fingerprint density at radius 3 is 2.94 bits per heavy atom. The molecule has 1 atom stereocenters. The molecule has 1 aromatic rings. The molecule has 86 valence electrons. The summed E-state index contributed by atoms with van der Waals surface area (Å²) in [5.41, 5.74) is 6.06. The molecule has 0 amide bonds. The third-order valence-electron chi connectivity index (χ3n) is 2.91. The maximum atomic E-state index is 10.9. The number of nitrogens with one attached hydrogen (secondary N) is 1. The van der Waals surface area contributed by atoms with Crippen molar-refractivity contribution in [2.75, 3.05) is 11.1 Å². The van der Waals surface area contributed by atoms with Gasteiger partial charge in [-0.1, -0.05) is 0 Å². The summed E-state index contributed by atoms with van der Waals surface area (Å²) in [4.78, 5) is 14.9. The van der Waals surface area contributed by atoms with Crippen LogP contribution < -0.4 is 11.1 Å². The monoisotopic (exact) mass is 221 g/mol. The number of carboxylic acids is 1. The smallest absolute Gasteiger partial charge is 0.337 e. The zero-order valence-corrected chi connectivity index (χ0v) is 9.10. The number of carboxylic acid groups (broad SMARTS) is 1. The number of pyridine rings is 1. The highest BCUT2D eigenvalue weighted by Crippen LogP contribution is 2.34. The standard InChI is InChI=1S/C11H15N3O2/c1-6(7-2-3-7)14-10-9(12)8(11(15)16)4-5-13-10/h4-7H,2-3,12H2,1H3,(H,13,14)(H,15,16). The molecule has 5 nitrogen and oxygen atoms in total. The Bertz CT molecular complexity index is 416. The molecule has 0 spiro atoms. The first kappa shape index (κ1) is 10.7. The second-order valence-corrected chi connectivity index (χ2v) is 4.20. The largest absolute Gasteiger partial charge is 0.478 e. The lowest BCUT2D eigenvalue weighted by Crippen LogP contribution is -2.20. The van der Waals surface area contributed by atoms with E-state index in [1.807, 2.05) is 0 Å². The molecule has 1 fully saturated rings. The van der Waals surface area contributed by atoms with Gasteiger partial charge in [0.1, 0.15) is 5.82 Å². The molecule has 5 heteroatoms. The number of nitrogens with two attached hydrogens (primary N) is 1. The molecular formula is C11H15N3O2. The molecule has 1 unspecified atom stereocenters. The van der Waals surface area contributed by atoms with Crippen molar-refractivity contribution in [2.24, 2.45) is 5.92 Å². The predicted octanol–water partition coefficient (Wildman–Crippen LogP) is 1.57. The number of nitrogen functional groups attached to an aromatic ring is 1. The van der Waals surface area contributed by atoms with E-state index in [-0.39, 0.29) is 11.3 Å². The normalized spacial score (nSPS) is 16.8. The molecule has 1 aliphatic rings. The van der Waals surface area contributed by atoms with Gasteiger partial charge < -0.3 is 16.2 Å². The molecule has 0 radical (unpaired) electrons. The SMILES string of the molecule is CC(Nc1nccc(C(=O)O)c1N)C1CC1. The van der Waals surface area contributed by atoms with E-state index in [0.717, 1.165) is 0 Å². The topological polar surface area (TPSA) is 88.2 Å². The third kappa shape index (κ3) is 2.08. The molecule has 4 N–H and O–H groups in total. The highest BCUT2D eigenvalue weighted by atomic mass is 16.4. The molecule has 1 saturated carbocycles. The van der Waals surface area contributed by atoms with Gasteiger partial charge in [0.15, 0.2) is 0 Å². The molecule has 16 heavy (non-hydrogen) atoms. The average Bonchev–Trinajstić information content (AvgIpc) is 3.03. The second-order valence-electron chi connectivity index (χ2n) is 4.20. The first-order valence-corrected chi connectivity index (χ1v) is 5.34. The molecule has 1 heterocycles. The molecular weight excluding hydrogens is 206 g/mol. The van der Waals surface area contributed by atoms with E-state index in [2.05, 4.69) is 17.2 Å². The van der Waals surface area contributed by atoms with E-state index in [1.165, 1.54) is 25.1 Å². The fourth-order valence-corrected chi connectivity index (χ4v) is 1.70. The van der Waals surface area contributed by atoms with Crippen LogP contribution in [0.3, 0.4) is 0 Å². The van der Waals surface area contributed by atoms with Crippen LogP contribution in [0.5, 0.6) is 0 Å². The van der Waals surface area contributed by atoms with Crippen molar-refractivity contribution in [2.45, 2.75) is 25.8 Å². The van der Waals surface area contributed by atoms with Gasteiger partial charge in [0, 0.05) is 12.2 Å². The number of carbonyl (C=O) groups is 1. The maximum absolute atomic E-state index is 10.9. The Hall–Kier alpha value is -1.78. The molecule has 0 aliphatic heterocycles. The summed E-state index contributed by atoms with van der Waals surface area (Å²) in [5.74, 6) is 0.107. The fourth-order valence-electron chi connectivity index (χ4n) is 1.70. The zero-order valence-electron chi connectivity index (χ0n) is 9.10. The van der Waals surface area contributed by atoms with Gasteiger partial charge in [-0.15, -0.1) is 0 Å². The second kappa shape index (κ2) is 4.00. The van der Waals surface area contributed by atoms with E-state index in [4.69, 9.17) is 10.8 Å². The van der Waals surface area contributed by atoms with E-state index in [0.29, 0.717) is 17.8 Å². The highest BCUT2D eigenvalue weighted by Gasteiger charge is 2.28. The predicted molar refractivity (Wildman–Crippen MR) is 61.4 cm³/mol. The van der Waals surface area contributed by atoms with Crippen molar-refractivity contribution in [1.82, 2.24) is 4.98 Å². The molecule has 0 saturated heterocycles. The lowest BCUT2D eigenvalue weighted by Gasteiger charge is -2.15. The summed E-state index contributed by atoms with van der Waals surface area (Å²) in [5, 5.41) is 12.1.